The molecule has 2 saturated heterocycles. The van der Waals surface area contributed by atoms with Crippen LogP contribution in [0.1, 0.15) is 99.1 Å². The third-order valence-electron chi connectivity index (χ3n) is 9.17. The average molecular weight is 695 g/mol. The minimum Gasteiger partial charge on any atom is -0.455 e. The van der Waals surface area contributed by atoms with E-state index in [1.807, 2.05) is 47.6 Å². The SMILES string of the molecule is CC(C)(C)OC(=O)N1CCC2(CC1)Cc1ccc(N)cc1C(=O)O2.CC(C)(C)OC(=O)N1CCC2(CC1)Cc1ccc([N+](=O)[O-])cc1C(=O)O2. The first-order chi connectivity index (χ1) is 23.3. The molecule has 0 saturated carbocycles. The molecule has 0 radical (unpaired) electrons. The van der Waals surface area contributed by atoms with Crippen LogP contribution in [-0.4, -0.2) is 87.4 Å². The lowest BCUT2D eigenvalue weighted by Crippen LogP contribution is -2.52. The molecule has 4 aliphatic rings. The number of amides is 2. The maximum absolute atomic E-state index is 12.4. The Labute approximate surface area is 291 Å². The highest BCUT2D eigenvalue weighted by molar-refractivity contribution is 5.94. The van der Waals surface area contributed by atoms with Gasteiger partial charge in [0.15, 0.2) is 0 Å². The van der Waals surface area contributed by atoms with Gasteiger partial charge in [-0.25, -0.2) is 19.2 Å². The molecule has 2 amide bonds. The predicted molar refractivity (Wildman–Crippen MR) is 182 cm³/mol. The van der Waals surface area contributed by atoms with Gasteiger partial charge < -0.3 is 34.5 Å². The zero-order valence-corrected chi connectivity index (χ0v) is 29.5. The molecule has 0 atom stereocenters. The molecule has 50 heavy (non-hydrogen) atoms. The number of rotatable bonds is 1. The lowest BCUT2D eigenvalue weighted by atomic mass is 9.81. The Morgan fingerprint density at radius 3 is 1.54 bits per heavy atom. The van der Waals surface area contributed by atoms with Crippen LogP contribution < -0.4 is 5.73 Å². The monoisotopic (exact) mass is 694 g/mol. The maximum Gasteiger partial charge on any atom is 0.410 e. The normalized spacial score (nSPS) is 19.2. The summed E-state index contributed by atoms with van der Waals surface area (Å²) in [5.74, 6) is -0.866. The quantitative estimate of drug-likeness (QED) is 0.125. The van der Waals surface area contributed by atoms with Crippen molar-refractivity contribution in [1.82, 2.24) is 9.80 Å². The number of non-ortho nitro benzene ring substituents is 1. The summed E-state index contributed by atoms with van der Waals surface area (Å²) in [7, 11) is 0. The van der Waals surface area contributed by atoms with Crippen LogP contribution in [0.15, 0.2) is 36.4 Å². The number of fused-ring (bicyclic) bond motifs is 2. The minimum atomic E-state index is -0.668. The molecule has 0 unspecified atom stereocenters. The Morgan fingerprint density at radius 2 is 1.14 bits per heavy atom. The average Bonchev–Trinajstić information content (AvgIpc) is 3.00. The van der Waals surface area contributed by atoms with E-state index in [4.69, 9.17) is 24.7 Å². The Hall–Kier alpha value is -4.88. The zero-order valence-electron chi connectivity index (χ0n) is 29.5. The molecule has 4 aliphatic heterocycles. The predicted octanol–water partition coefficient (Wildman–Crippen LogP) is 5.83. The lowest BCUT2D eigenvalue weighted by molar-refractivity contribution is -0.384. The van der Waals surface area contributed by atoms with E-state index in [1.165, 1.54) is 12.1 Å². The Kier molecular flexibility index (Phi) is 9.79. The molecule has 2 N–H and O–H groups in total. The number of anilines is 1. The van der Waals surface area contributed by atoms with Crippen LogP contribution in [0, 0.1) is 10.1 Å². The summed E-state index contributed by atoms with van der Waals surface area (Å²) in [4.78, 5) is 62.7. The standard InChI is InChI=1S/C18H22N2O6.C18H24N2O4/c1-17(2,3)26-16(22)19-8-6-18(7-9-19)11-12-4-5-13(20(23)24)10-14(12)15(21)25-18;1-17(2,3)24-16(22)20-8-6-18(7-9-20)11-12-4-5-13(19)10-14(12)15(21)23-18/h4-5,10H,6-9,11H2,1-3H3;4-5,10H,6-9,11,19H2,1-3H3. The molecule has 6 rings (SSSR count). The Morgan fingerprint density at radius 1 is 0.740 bits per heavy atom. The van der Waals surface area contributed by atoms with E-state index < -0.39 is 33.3 Å². The number of nitro groups is 1. The van der Waals surface area contributed by atoms with Gasteiger partial charge in [0, 0.05) is 82.5 Å². The summed E-state index contributed by atoms with van der Waals surface area (Å²) >= 11 is 0. The highest BCUT2D eigenvalue weighted by Gasteiger charge is 2.45. The van der Waals surface area contributed by atoms with E-state index in [9.17, 15) is 29.3 Å². The topological polar surface area (TPSA) is 181 Å². The van der Waals surface area contributed by atoms with E-state index in [0.717, 1.165) is 11.1 Å². The van der Waals surface area contributed by atoms with E-state index >= 15 is 0 Å². The van der Waals surface area contributed by atoms with E-state index in [-0.39, 0.29) is 29.4 Å². The lowest BCUT2D eigenvalue weighted by Gasteiger charge is -2.43. The fraction of sp³-hybridized carbons (Fsp3) is 0.556. The highest BCUT2D eigenvalue weighted by Crippen LogP contribution is 2.39. The number of hydrogen-bond donors (Lipinski definition) is 1. The first-order valence-electron chi connectivity index (χ1n) is 16.8. The number of nitrogen functional groups attached to an aromatic ring is 1. The van der Waals surface area contributed by atoms with Gasteiger partial charge in [-0.2, -0.15) is 0 Å². The second-order valence-electron chi connectivity index (χ2n) is 15.4. The zero-order chi connectivity index (χ0) is 36.6. The van der Waals surface area contributed by atoms with Crippen LogP contribution in [0.25, 0.3) is 0 Å². The molecule has 2 aromatic rings. The summed E-state index contributed by atoms with van der Waals surface area (Å²) < 4.78 is 22.2. The van der Waals surface area contributed by atoms with Crippen molar-refractivity contribution in [3.8, 4) is 0 Å². The fourth-order valence-electron chi connectivity index (χ4n) is 6.63. The van der Waals surface area contributed by atoms with Crippen molar-refractivity contribution in [3.05, 3.63) is 68.8 Å². The van der Waals surface area contributed by atoms with Crippen molar-refractivity contribution in [2.24, 2.45) is 0 Å². The van der Waals surface area contributed by atoms with Gasteiger partial charge in [0.1, 0.15) is 22.4 Å². The van der Waals surface area contributed by atoms with Gasteiger partial charge in [-0.3, -0.25) is 10.1 Å². The van der Waals surface area contributed by atoms with Crippen LogP contribution in [0.3, 0.4) is 0 Å². The summed E-state index contributed by atoms with van der Waals surface area (Å²) in [5, 5.41) is 10.9. The smallest absolute Gasteiger partial charge is 0.410 e. The molecular formula is C36H46N4O10. The van der Waals surface area contributed by atoms with E-state index in [0.29, 0.717) is 76.0 Å². The number of nitrogens with zero attached hydrogens (tertiary/aromatic N) is 3. The minimum absolute atomic E-state index is 0.128. The molecule has 2 aromatic carbocycles. The van der Waals surface area contributed by atoms with Crippen molar-refractivity contribution < 1.29 is 43.0 Å². The number of nitro benzene ring substituents is 1. The highest BCUT2D eigenvalue weighted by atomic mass is 16.6. The van der Waals surface area contributed by atoms with Crippen LogP contribution >= 0.6 is 0 Å². The number of esters is 2. The molecule has 0 aromatic heterocycles. The van der Waals surface area contributed by atoms with Gasteiger partial charge >= 0.3 is 24.1 Å². The van der Waals surface area contributed by atoms with Crippen LogP contribution in [0.4, 0.5) is 21.0 Å². The van der Waals surface area contributed by atoms with Gasteiger partial charge in [0.25, 0.3) is 5.69 Å². The molecule has 4 heterocycles. The number of piperidine rings is 2. The number of nitrogens with two attached hydrogens (primary N) is 1. The third-order valence-corrected chi connectivity index (χ3v) is 9.17. The molecule has 14 nitrogen and oxygen atoms in total. The molecule has 0 bridgehead atoms. The van der Waals surface area contributed by atoms with Gasteiger partial charge in [0.2, 0.25) is 0 Å². The van der Waals surface area contributed by atoms with Gasteiger partial charge in [-0.05, 0) is 64.8 Å². The van der Waals surface area contributed by atoms with Crippen molar-refractivity contribution in [2.45, 2.75) is 102 Å². The number of carbonyl (C=O) groups is 4. The van der Waals surface area contributed by atoms with E-state index in [1.54, 1.807) is 28.0 Å². The summed E-state index contributed by atoms with van der Waals surface area (Å²) in [6.45, 7) is 12.9. The number of likely N-dealkylation sites (tertiary alicyclic amines) is 2. The van der Waals surface area contributed by atoms with Gasteiger partial charge in [-0.15, -0.1) is 0 Å². The molecule has 2 fully saturated rings. The Balaban J connectivity index is 0.000000195. The van der Waals surface area contributed by atoms with Crippen LogP contribution in [0.2, 0.25) is 0 Å². The van der Waals surface area contributed by atoms with Gasteiger partial charge in [-0.1, -0.05) is 12.1 Å². The number of hydrogen-bond acceptors (Lipinski definition) is 11. The molecule has 270 valence electrons. The molecule has 14 heteroatoms. The summed E-state index contributed by atoms with van der Waals surface area (Å²) in [6.07, 6.45) is 2.72. The number of benzene rings is 2. The number of ether oxygens (including phenoxy) is 4. The summed E-state index contributed by atoms with van der Waals surface area (Å²) in [6, 6.07) is 9.66. The first kappa shape index (κ1) is 36.4. The van der Waals surface area contributed by atoms with Crippen LogP contribution in [0.5, 0.6) is 0 Å². The van der Waals surface area contributed by atoms with Crippen molar-refractivity contribution in [2.75, 3.05) is 31.9 Å². The Bertz CT molecular complexity index is 1680. The van der Waals surface area contributed by atoms with Crippen molar-refractivity contribution in [3.63, 3.8) is 0 Å². The van der Waals surface area contributed by atoms with E-state index in [2.05, 4.69) is 0 Å². The first-order valence-corrected chi connectivity index (χ1v) is 16.8. The second kappa shape index (κ2) is 13.4. The third kappa shape index (κ3) is 8.45. The molecule has 2 spiro atoms. The summed E-state index contributed by atoms with van der Waals surface area (Å²) in [5.41, 5.74) is 6.42. The van der Waals surface area contributed by atoms with Crippen LogP contribution in [-0.2, 0) is 31.8 Å². The fourth-order valence-corrected chi connectivity index (χ4v) is 6.63. The van der Waals surface area contributed by atoms with Crippen molar-refractivity contribution in [1.29, 1.82) is 0 Å². The molecule has 0 aliphatic carbocycles. The number of carbonyl (C=O) groups excluding carboxylic acids is 4. The maximum atomic E-state index is 12.4. The van der Waals surface area contributed by atoms with Crippen molar-refractivity contribution >= 4 is 35.5 Å². The second-order valence-corrected chi connectivity index (χ2v) is 15.4. The molecular weight excluding hydrogens is 648 g/mol. The largest absolute Gasteiger partial charge is 0.455 e. The van der Waals surface area contributed by atoms with Gasteiger partial charge in [0.05, 0.1) is 16.1 Å².